The first-order valence-corrected chi connectivity index (χ1v) is 7.34. The van der Waals surface area contributed by atoms with Crippen molar-refractivity contribution in [3.05, 3.63) is 35.9 Å². The van der Waals surface area contributed by atoms with Gasteiger partial charge in [-0.2, -0.15) is 0 Å². The summed E-state index contributed by atoms with van der Waals surface area (Å²) in [5, 5.41) is 42.6. The molecule has 0 spiro atoms. The minimum absolute atomic E-state index is 0.572. The average Bonchev–Trinajstić information content (AvgIpc) is 2.54. The summed E-state index contributed by atoms with van der Waals surface area (Å²) in [4.78, 5) is 11.9. The van der Waals surface area contributed by atoms with Crippen molar-refractivity contribution in [1.29, 1.82) is 0 Å². The van der Waals surface area contributed by atoms with Gasteiger partial charge in [0.25, 0.3) is 0 Å². The summed E-state index contributed by atoms with van der Waals surface area (Å²) in [5.41, 5.74) is -3.85. The normalized spacial score (nSPS) is 45.9. The van der Waals surface area contributed by atoms with Gasteiger partial charge in [-0.25, -0.2) is 0 Å². The Kier molecular flexibility index (Phi) is 3.83. The van der Waals surface area contributed by atoms with Crippen LogP contribution < -0.4 is 0 Å². The molecule has 0 aromatic heterocycles. The molecule has 1 saturated heterocycles. The van der Waals surface area contributed by atoms with E-state index in [1.807, 2.05) is 0 Å². The molecule has 1 heterocycles. The fourth-order valence-electron chi connectivity index (χ4n) is 3.73. The summed E-state index contributed by atoms with van der Waals surface area (Å²) in [5.74, 6) is -1.69. The van der Waals surface area contributed by atoms with Crippen molar-refractivity contribution < 1.29 is 34.7 Å². The lowest BCUT2D eigenvalue weighted by molar-refractivity contribution is -0.401. The minimum Gasteiger partial charge on any atom is -0.390 e. The van der Waals surface area contributed by atoms with E-state index in [-0.39, 0.29) is 0 Å². The molecule has 2 aliphatic rings. The van der Waals surface area contributed by atoms with E-state index in [2.05, 4.69) is 0 Å². The smallest absolute Gasteiger partial charge is 0.202 e. The third kappa shape index (κ3) is 1.95. The first-order valence-electron chi connectivity index (χ1n) is 7.34. The van der Waals surface area contributed by atoms with E-state index in [1.165, 1.54) is 7.11 Å². The van der Waals surface area contributed by atoms with Gasteiger partial charge in [-0.15, -0.1) is 0 Å². The van der Waals surface area contributed by atoms with Gasteiger partial charge in [0, 0.05) is 13.0 Å². The molecule has 3 rings (SSSR count). The Balaban J connectivity index is 2.05. The van der Waals surface area contributed by atoms with Crippen LogP contribution in [0, 0.1) is 0 Å². The molecule has 1 aliphatic heterocycles. The number of hydrogen-bond donors (Lipinski definition) is 4. The van der Waals surface area contributed by atoms with Gasteiger partial charge >= 0.3 is 0 Å². The van der Waals surface area contributed by atoms with Crippen LogP contribution in [0.15, 0.2) is 30.3 Å². The van der Waals surface area contributed by atoms with Crippen molar-refractivity contribution in [3.8, 4) is 0 Å². The van der Waals surface area contributed by atoms with Crippen LogP contribution in [0.25, 0.3) is 0 Å². The highest BCUT2D eigenvalue weighted by atomic mass is 16.7. The molecule has 126 valence electrons. The highest BCUT2D eigenvalue weighted by Gasteiger charge is 2.76. The molecule has 1 aromatic carbocycles. The van der Waals surface area contributed by atoms with E-state index in [0.29, 0.717) is 5.56 Å². The number of aliphatic hydroxyl groups is 4. The molecule has 7 atom stereocenters. The Bertz CT molecular complexity index is 606. The zero-order valence-electron chi connectivity index (χ0n) is 12.8. The number of carbonyl (C=O) groups is 1. The number of carbonyl (C=O) groups excluding carboxylic acids is 1. The van der Waals surface area contributed by atoms with Crippen molar-refractivity contribution in [1.82, 2.24) is 0 Å². The number of ether oxygens (including phenoxy) is 2. The topological polar surface area (TPSA) is 116 Å². The van der Waals surface area contributed by atoms with Gasteiger partial charge in [-0.1, -0.05) is 30.3 Å². The molecule has 1 aromatic rings. The van der Waals surface area contributed by atoms with Crippen molar-refractivity contribution >= 4 is 5.78 Å². The predicted molar refractivity (Wildman–Crippen MR) is 77.4 cm³/mol. The van der Waals surface area contributed by atoms with Crippen molar-refractivity contribution in [2.75, 3.05) is 7.11 Å². The number of ketones is 1. The van der Waals surface area contributed by atoms with E-state index in [9.17, 15) is 25.2 Å². The van der Waals surface area contributed by atoms with Gasteiger partial charge in [0.15, 0.2) is 12.1 Å². The maximum Gasteiger partial charge on any atom is 0.202 e. The molecule has 7 nitrogen and oxygen atoms in total. The Morgan fingerprint density at radius 2 is 1.83 bits per heavy atom. The Labute approximate surface area is 133 Å². The summed E-state index contributed by atoms with van der Waals surface area (Å²) in [6, 6.07) is 8.60. The van der Waals surface area contributed by atoms with Crippen molar-refractivity contribution in [2.45, 2.75) is 48.6 Å². The molecular weight excluding hydrogens is 304 g/mol. The molecule has 2 fully saturated rings. The molecule has 0 radical (unpaired) electrons. The summed E-state index contributed by atoms with van der Waals surface area (Å²) in [6.45, 7) is 1.08. The Hall–Kier alpha value is -1.35. The number of methoxy groups -OCH3 is 1. The zero-order valence-corrected chi connectivity index (χ0v) is 12.8. The fraction of sp³-hybridized carbons (Fsp3) is 0.562. The second-order valence-corrected chi connectivity index (χ2v) is 6.17. The zero-order chi connectivity index (χ0) is 17.0. The number of fused-ring (bicyclic) bond motifs is 1. The van der Waals surface area contributed by atoms with Crippen molar-refractivity contribution in [2.24, 2.45) is 0 Å². The maximum absolute atomic E-state index is 11.9. The van der Waals surface area contributed by atoms with E-state index in [0.717, 1.165) is 6.92 Å². The SMILES string of the molecule is CO[C@H]1O[C@@H]2C(O)C(c3ccccc3)[C@@]2(O)[C@H](O)[C@]1(O)C(C)=O. The van der Waals surface area contributed by atoms with Gasteiger partial charge in [0.1, 0.15) is 17.8 Å². The van der Waals surface area contributed by atoms with E-state index in [4.69, 9.17) is 9.47 Å². The monoisotopic (exact) mass is 324 g/mol. The van der Waals surface area contributed by atoms with Crippen LogP contribution in [0.5, 0.6) is 0 Å². The number of hydrogen-bond acceptors (Lipinski definition) is 7. The standard InChI is InChI=1S/C16H20O7/c1-8(17)15(20)13(19)16(21)10(9-6-4-3-5-7-9)11(18)12(16)23-14(15)22-2/h3-7,10-14,18-21H,1-2H3/t10?,11?,12-,13-,14+,15-,16+/m1/s1. The predicted octanol–water partition coefficient (Wildman–Crippen LogP) is -1.07. The van der Waals surface area contributed by atoms with Gasteiger partial charge in [-0.3, -0.25) is 4.79 Å². The molecule has 2 unspecified atom stereocenters. The van der Waals surface area contributed by atoms with Crippen LogP contribution in [0.2, 0.25) is 0 Å². The van der Waals surface area contributed by atoms with Crippen LogP contribution in [0.3, 0.4) is 0 Å². The van der Waals surface area contributed by atoms with Crippen LogP contribution in [0.4, 0.5) is 0 Å². The average molecular weight is 324 g/mol. The van der Waals surface area contributed by atoms with E-state index in [1.54, 1.807) is 30.3 Å². The molecule has 0 amide bonds. The maximum atomic E-state index is 11.9. The van der Waals surface area contributed by atoms with E-state index >= 15 is 0 Å². The lowest BCUT2D eigenvalue weighted by Crippen LogP contribution is -2.84. The third-order valence-corrected chi connectivity index (χ3v) is 5.03. The molecule has 1 saturated carbocycles. The number of Topliss-reactive ketones (excluding diaryl/α,β-unsaturated/α-hetero) is 1. The van der Waals surface area contributed by atoms with Gasteiger partial charge in [0.2, 0.25) is 5.60 Å². The second kappa shape index (κ2) is 5.34. The van der Waals surface area contributed by atoms with Gasteiger partial charge in [0.05, 0.1) is 6.10 Å². The molecular formula is C16H20O7. The van der Waals surface area contributed by atoms with Crippen LogP contribution >= 0.6 is 0 Å². The summed E-state index contributed by atoms with van der Waals surface area (Å²) >= 11 is 0. The minimum atomic E-state index is -2.42. The Morgan fingerprint density at radius 1 is 1.22 bits per heavy atom. The lowest BCUT2D eigenvalue weighted by Gasteiger charge is -2.63. The van der Waals surface area contributed by atoms with Gasteiger partial charge in [-0.05, 0) is 12.5 Å². The summed E-state index contributed by atoms with van der Waals surface area (Å²) in [6.07, 6.45) is -5.63. The summed E-state index contributed by atoms with van der Waals surface area (Å²) in [7, 11) is 1.20. The molecule has 0 bridgehead atoms. The molecule has 7 heteroatoms. The number of aliphatic hydroxyl groups excluding tert-OH is 2. The molecule has 23 heavy (non-hydrogen) atoms. The van der Waals surface area contributed by atoms with Crippen LogP contribution in [0.1, 0.15) is 18.4 Å². The first-order chi connectivity index (χ1) is 10.8. The third-order valence-electron chi connectivity index (χ3n) is 5.03. The Morgan fingerprint density at radius 3 is 2.35 bits per heavy atom. The van der Waals surface area contributed by atoms with E-state index < -0.39 is 47.5 Å². The van der Waals surface area contributed by atoms with Crippen LogP contribution in [-0.2, 0) is 14.3 Å². The molecule has 4 N–H and O–H groups in total. The highest BCUT2D eigenvalue weighted by Crippen LogP contribution is 2.55. The van der Waals surface area contributed by atoms with Crippen molar-refractivity contribution in [3.63, 3.8) is 0 Å². The summed E-state index contributed by atoms with van der Waals surface area (Å²) < 4.78 is 10.3. The largest absolute Gasteiger partial charge is 0.390 e. The number of rotatable bonds is 3. The van der Waals surface area contributed by atoms with Gasteiger partial charge < -0.3 is 29.9 Å². The fourth-order valence-corrected chi connectivity index (χ4v) is 3.73. The highest BCUT2D eigenvalue weighted by molar-refractivity contribution is 5.86. The lowest BCUT2D eigenvalue weighted by atomic mass is 9.54. The van der Waals surface area contributed by atoms with Crippen LogP contribution in [-0.4, -0.2) is 69.1 Å². The number of benzene rings is 1. The first kappa shape index (κ1) is 16.5. The quantitative estimate of drug-likeness (QED) is 0.559. The molecule has 1 aliphatic carbocycles. The second-order valence-electron chi connectivity index (χ2n) is 6.17.